The monoisotopic (exact) mass is 388 g/mol. The lowest BCUT2D eigenvalue weighted by molar-refractivity contribution is -0.127. The molecule has 8 atom stereocenters. The molecule has 28 heavy (non-hydrogen) atoms. The second-order valence-electron chi connectivity index (χ2n) is 12.0. The minimum atomic E-state index is -0.00308. The molecule has 0 unspecified atom stereocenters. The van der Waals surface area contributed by atoms with Crippen LogP contribution in [0.25, 0.3) is 0 Å². The summed E-state index contributed by atoms with van der Waals surface area (Å²) in [6.45, 7) is 7.66. The molecule has 0 aromatic rings. The quantitative estimate of drug-likeness (QED) is 0.442. The topological polar surface area (TPSA) is 20.2 Å². The molecule has 0 radical (unpaired) electrons. The minimum absolute atomic E-state index is 0.00308. The Kier molecular flexibility index (Phi) is 6.51. The van der Waals surface area contributed by atoms with Crippen molar-refractivity contribution in [3.8, 4) is 0 Å². The SMILES string of the molecule is CCCCCCCC[C@H]1CC[C@H]2[C@@H]3CC[C@H]4C[C@@H](O)CC[C@]4(C)[C@H]3CC[C@]12C. The van der Waals surface area contributed by atoms with Crippen molar-refractivity contribution in [3.63, 3.8) is 0 Å². The summed E-state index contributed by atoms with van der Waals surface area (Å²) in [5.74, 6) is 4.81. The Morgan fingerprint density at radius 3 is 2.29 bits per heavy atom. The number of hydrogen-bond donors (Lipinski definition) is 1. The first kappa shape index (κ1) is 21.2. The lowest BCUT2D eigenvalue weighted by atomic mass is 9.44. The van der Waals surface area contributed by atoms with Crippen molar-refractivity contribution in [1.29, 1.82) is 0 Å². The lowest BCUT2D eigenvalue weighted by Crippen LogP contribution is -2.53. The summed E-state index contributed by atoms with van der Waals surface area (Å²) in [7, 11) is 0. The molecule has 162 valence electrons. The van der Waals surface area contributed by atoms with Crippen LogP contribution in [0.3, 0.4) is 0 Å². The van der Waals surface area contributed by atoms with Gasteiger partial charge in [0.2, 0.25) is 0 Å². The summed E-state index contributed by atoms with van der Waals surface area (Å²) in [6, 6.07) is 0. The van der Waals surface area contributed by atoms with Crippen LogP contribution in [0.5, 0.6) is 0 Å². The summed E-state index contributed by atoms with van der Waals surface area (Å²) in [6.07, 6.45) is 22.6. The molecule has 0 heterocycles. The molecule has 4 saturated carbocycles. The van der Waals surface area contributed by atoms with E-state index in [1.165, 1.54) is 89.9 Å². The van der Waals surface area contributed by atoms with Gasteiger partial charge in [0.25, 0.3) is 0 Å². The van der Waals surface area contributed by atoms with Crippen molar-refractivity contribution in [2.75, 3.05) is 0 Å². The summed E-state index contributed by atoms with van der Waals surface area (Å²) in [5.41, 5.74) is 1.20. The summed E-state index contributed by atoms with van der Waals surface area (Å²) in [4.78, 5) is 0. The molecule has 1 N–H and O–H groups in total. The molecule has 1 nitrogen and oxygen atoms in total. The Morgan fingerprint density at radius 2 is 1.46 bits per heavy atom. The van der Waals surface area contributed by atoms with Crippen LogP contribution in [0.4, 0.5) is 0 Å². The largest absolute Gasteiger partial charge is 0.393 e. The van der Waals surface area contributed by atoms with Gasteiger partial charge in [0.1, 0.15) is 0 Å². The Bertz CT molecular complexity index is 514. The van der Waals surface area contributed by atoms with Crippen LogP contribution in [0, 0.1) is 40.4 Å². The summed E-state index contributed by atoms with van der Waals surface area (Å²) < 4.78 is 0. The van der Waals surface area contributed by atoms with Gasteiger partial charge in [-0.15, -0.1) is 0 Å². The molecule has 4 fully saturated rings. The summed E-state index contributed by atoms with van der Waals surface area (Å²) >= 11 is 0. The van der Waals surface area contributed by atoms with E-state index in [-0.39, 0.29) is 6.10 Å². The van der Waals surface area contributed by atoms with E-state index in [0.29, 0.717) is 10.8 Å². The predicted molar refractivity (Wildman–Crippen MR) is 119 cm³/mol. The highest BCUT2D eigenvalue weighted by molar-refractivity contribution is 5.09. The van der Waals surface area contributed by atoms with E-state index in [0.717, 1.165) is 42.4 Å². The van der Waals surface area contributed by atoms with Gasteiger partial charge < -0.3 is 5.11 Å². The molecule has 0 saturated heterocycles. The van der Waals surface area contributed by atoms with Gasteiger partial charge >= 0.3 is 0 Å². The van der Waals surface area contributed by atoms with Gasteiger partial charge in [0.15, 0.2) is 0 Å². The standard InChI is InChI=1S/C27H48O/c1-4-5-6-7-8-9-10-20-12-14-24-23-13-11-21-19-22(28)15-17-27(21,3)25(23)16-18-26(20,24)2/h20-25,28H,4-19H2,1-3H3/t20-,21-,22-,23-,24-,25-,26+,27-/m0/s1. The van der Waals surface area contributed by atoms with E-state index in [1.54, 1.807) is 0 Å². The van der Waals surface area contributed by atoms with Crippen LogP contribution in [0.1, 0.15) is 124 Å². The minimum Gasteiger partial charge on any atom is -0.393 e. The van der Waals surface area contributed by atoms with Crippen molar-refractivity contribution in [3.05, 3.63) is 0 Å². The van der Waals surface area contributed by atoms with Crippen LogP contribution >= 0.6 is 0 Å². The molecule has 0 aliphatic heterocycles. The third-order valence-electron chi connectivity index (χ3n) is 10.7. The van der Waals surface area contributed by atoms with Crippen LogP contribution in [0.2, 0.25) is 0 Å². The molecule has 4 rings (SSSR count). The first-order valence-corrected chi connectivity index (χ1v) is 13.2. The van der Waals surface area contributed by atoms with Gasteiger partial charge in [-0.2, -0.15) is 0 Å². The van der Waals surface area contributed by atoms with Gasteiger partial charge in [-0.05, 0) is 105 Å². The normalized spacial score (nSPS) is 48.0. The maximum atomic E-state index is 10.2. The van der Waals surface area contributed by atoms with Gasteiger partial charge in [-0.3, -0.25) is 0 Å². The Hall–Kier alpha value is -0.0400. The maximum absolute atomic E-state index is 10.2. The third-order valence-corrected chi connectivity index (χ3v) is 10.7. The molecule has 4 aliphatic carbocycles. The van der Waals surface area contributed by atoms with Crippen molar-refractivity contribution in [2.45, 2.75) is 130 Å². The molecule has 0 spiro atoms. The Morgan fingerprint density at radius 1 is 0.750 bits per heavy atom. The van der Waals surface area contributed by atoms with Crippen molar-refractivity contribution < 1.29 is 5.11 Å². The van der Waals surface area contributed by atoms with Gasteiger partial charge in [0.05, 0.1) is 6.10 Å². The van der Waals surface area contributed by atoms with Gasteiger partial charge in [-0.25, -0.2) is 0 Å². The highest BCUT2D eigenvalue weighted by atomic mass is 16.3. The van der Waals surface area contributed by atoms with E-state index in [9.17, 15) is 5.11 Å². The average Bonchev–Trinajstić information content (AvgIpc) is 3.01. The molecule has 0 aromatic carbocycles. The number of fused-ring (bicyclic) bond motifs is 5. The molecule has 1 heteroatoms. The molecule has 4 aliphatic rings. The van der Waals surface area contributed by atoms with E-state index in [4.69, 9.17) is 0 Å². The zero-order valence-electron chi connectivity index (χ0n) is 19.2. The molecule has 0 bridgehead atoms. The van der Waals surface area contributed by atoms with Crippen LogP contribution in [-0.2, 0) is 0 Å². The van der Waals surface area contributed by atoms with Crippen molar-refractivity contribution >= 4 is 0 Å². The van der Waals surface area contributed by atoms with Crippen LogP contribution in [0.15, 0.2) is 0 Å². The number of rotatable bonds is 7. The van der Waals surface area contributed by atoms with Crippen LogP contribution < -0.4 is 0 Å². The highest BCUT2D eigenvalue weighted by Crippen LogP contribution is 2.67. The first-order chi connectivity index (χ1) is 13.5. The third kappa shape index (κ3) is 3.72. The number of aliphatic hydroxyl groups is 1. The molecule has 0 amide bonds. The zero-order valence-corrected chi connectivity index (χ0v) is 19.2. The second kappa shape index (κ2) is 8.60. The van der Waals surface area contributed by atoms with E-state index in [2.05, 4.69) is 20.8 Å². The van der Waals surface area contributed by atoms with E-state index >= 15 is 0 Å². The van der Waals surface area contributed by atoms with Crippen molar-refractivity contribution in [1.82, 2.24) is 0 Å². The number of hydrogen-bond acceptors (Lipinski definition) is 1. The van der Waals surface area contributed by atoms with Gasteiger partial charge in [0, 0.05) is 0 Å². The fraction of sp³-hybridized carbons (Fsp3) is 1.00. The average molecular weight is 389 g/mol. The molecule has 0 aromatic heterocycles. The molecular formula is C27H48O. The van der Waals surface area contributed by atoms with E-state index in [1.807, 2.05) is 0 Å². The fourth-order valence-corrected chi connectivity index (χ4v) is 8.99. The number of aliphatic hydroxyl groups excluding tert-OH is 1. The summed E-state index contributed by atoms with van der Waals surface area (Å²) in [5, 5.41) is 10.2. The maximum Gasteiger partial charge on any atom is 0.0543 e. The van der Waals surface area contributed by atoms with Crippen LogP contribution in [-0.4, -0.2) is 11.2 Å². The first-order valence-electron chi connectivity index (χ1n) is 13.2. The van der Waals surface area contributed by atoms with Gasteiger partial charge in [-0.1, -0.05) is 59.3 Å². The second-order valence-corrected chi connectivity index (χ2v) is 12.0. The Balaban J connectivity index is 1.37. The number of unbranched alkanes of at least 4 members (excludes halogenated alkanes) is 5. The Labute approximate surface area is 175 Å². The smallest absolute Gasteiger partial charge is 0.0543 e. The zero-order chi connectivity index (χ0) is 19.8. The van der Waals surface area contributed by atoms with Crippen molar-refractivity contribution in [2.24, 2.45) is 40.4 Å². The van der Waals surface area contributed by atoms with E-state index < -0.39 is 0 Å². The highest BCUT2D eigenvalue weighted by Gasteiger charge is 2.59. The predicted octanol–water partition coefficient (Wildman–Crippen LogP) is 7.76. The molecular weight excluding hydrogens is 340 g/mol. The lowest BCUT2D eigenvalue weighted by Gasteiger charge is -2.61. The fourth-order valence-electron chi connectivity index (χ4n) is 8.99.